The van der Waals surface area contributed by atoms with E-state index >= 15 is 0 Å². The molecule has 1 saturated heterocycles. The van der Waals surface area contributed by atoms with Crippen molar-refractivity contribution < 1.29 is 4.74 Å². The number of ether oxygens (including phenoxy) is 1. The number of likely N-dealkylation sites (tertiary alicyclic amines) is 1. The third-order valence-electron chi connectivity index (χ3n) is 4.28. The molecule has 0 radical (unpaired) electrons. The van der Waals surface area contributed by atoms with Gasteiger partial charge in [0.2, 0.25) is 0 Å². The Kier molecular flexibility index (Phi) is 4.34. The van der Waals surface area contributed by atoms with Crippen molar-refractivity contribution in [2.45, 2.75) is 19.4 Å². The highest BCUT2D eigenvalue weighted by molar-refractivity contribution is 5.85. The van der Waals surface area contributed by atoms with Crippen molar-refractivity contribution in [3.05, 3.63) is 48.0 Å². The molecule has 2 heteroatoms. The minimum absolute atomic E-state index is 0.698. The monoisotopic (exact) mass is 269 g/mol. The van der Waals surface area contributed by atoms with Gasteiger partial charge in [-0.1, -0.05) is 42.5 Å². The number of benzene rings is 2. The molecule has 0 spiro atoms. The molecule has 1 atom stereocenters. The van der Waals surface area contributed by atoms with E-state index in [1.54, 1.807) is 0 Å². The second-order valence-electron chi connectivity index (χ2n) is 5.84. The first-order valence-electron chi connectivity index (χ1n) is 7.55. The number of nitrogens with zero attached hydrogens (tertiary/aromatic N) is 1. The lowest BCUT2D eigenvalue weighted by Gasteiger charge is -2.32. The molecule has 1 aliphatic rings. The van der Waals surface area contributed by atoms with Gasteiger partial charge >= 0.3 is 0 Å². The van der Waals surface area contributed by atoms with Gasteiger partial charge in [0.15, 0.2) is 0 Å². The first-order valence-corrected chi connectivity index (χ1v) is 7.55. The quantitative estimate of drug-likeness (QED) is 0.839. The Balaban J connectivity index is 1.76. The standard InChI is InChI=1S/C18H23NO/c1-20-14-15-6-5-11-19(12-15)13-17-9-4-8-16-7-2-3-10-18(16)17/h2-4,7-10,15H,5-6,11-14H2,1H3/t15-/m0/s1. The molecule has 20 heavy (non-hydrogen) atoms. The van der Waals surface area contributed by atoms with Gasteiger partial charge in [-0.3, -0.25) is 4.90 Å². The second-order valence-corrected chi connectivity index (χ2v) is 5.84. The summed E-state index contributed by atoms with van der Waals surface area (Å²) in [4.78, 5) is 2.58. The van der Waals surface area contributed by atoms with Crippen LogP contribution in [0.15, 0.2) is 42.5 Å². The normalized spacial score (nSPS) is 20.4. The summed E-state index contributed by atoms with van der Waals surface area (Å²) < 4.78 is 5.32. The zero-order chi connectivity index (χ0) is 13.8. The average Bonchev–Trinajstić information content (AvgIpc) is 2.48. The van der Waals surface area contributed by atoms with Gasteiger partial charge in [0.1, 0.15) is 0 Å². The molecule has 106 valence electrons. The van der Waals surface area contributed by atoms with E-state index in [4.69, 9.17) is 4.74 Å². The van der Waals surface area contributed by atoms with Crippen molar-refractivity contribution in [1.29, 1.82) is 0 Å². The highest BCUT2D eigenvalue weighted by Crippen LogP contribution is 2.23. The summed E-state index contributed by atoms with van der Waals surface area (Å²) in [6, 6.07) is 15.3. The molecule has 0 saturated carbocycles. The van der Waals surface area contributed by atoms with Crippen LogP contribution in [0.4, 0.5) is 0 Å². The maximum Gasteiger partial charge on any atom is 0.0502 e. The van der Waals surface area contributed by atoms with Crippen molar-refractivity contribution in [3.63, 3.8) is 0 Å². The van der Waals surface area contributed by atoms with Crippen LogP contribution in [0.3, 0.4) is 0 Å². The fraction of sp³-hybridized carbons (Fsp3) is 0.444. The Bertz CT molecular complexity index is 559. The van der Waals surface area contributed by atoms with E-state index in [0.717, 1.165) is 19.7 Å². The zero-order valence-electron chi connectivity index (χ0n) is 12.2. The van der Waals surface area contributed by atoms with E-state index in [9.17, 15) is 0 Å². The zero-order valence-corrected chi connectivity index (χ0v) is 12.2. The van der Waals surface area contributed by atoms with Crippen molar-refractivity contribution >= 4 is 10.8 Å². The third-order valence-corrected chi connectivity index (χ3v) is 4.28. The molecule has 0 unspecified atom stereocenters. The fourth-order valence-corrected chi connectivity index (χ4v) is 3.34. The van der Waals surface area contributed by atoms with Crippen LogP contribution < -0.4 is 0 Å². The Morgan fingerprint density at radius 3 is 2.90 bits per heavy atom. The van der Waals surface area contributed by atoms with E-state index in [1.165, 1.54) is 35.7 Å². The van der Waals surface area contributed by atoms with Gasteiger partial charge in [-0.15, -0.1) is 0 Å². The van der Waals surface area contributed by atoms with Gasteiger partial charge in [0.25, 0.3) is 0 Å². The summed E-state index contributed by atoms with van der Waals surface area (Å²) >= 11 is 0. The van der Waals surface area contributed by atoms with Crippen LogP contribution in [0.5, 0.6) is 0 Å². The maximum absolute atomic E-state index is 5.32. The summed E-state index contributed by atoms with van der Waals surface area (Å²) in [5.74, 6) is 0.698. The molecule has 3 rings (SSSR count). The Labute approximate surface area is 121 Å². The minimum atomic E-state index is 0.698. The van der Waals surface area contributed by atoms with E-state index in [1.807, 2.05) is 7.11 Å². The average molecular weight is 269 g/mol. The first kappa shape index (κ1) is 13.6. The van der Waals surface area contributed by atoms with Crippen LogP contribution in [0, 0.1) is 5.92 Å². The molecule has 0 N–H and O–H groups in total. The number of methoxy groups -OCH3 is 1. The minimum Gasteiger partial charge on any atom is -0.384 e. The summed E-state index contributed by atoms with van der Waals surface area (Å²) in [6.45, 7) is 4.33. The summed E-state index contributed by atoms with van der Waals surface area (Å²) in [5, 5.41) is 2.74. The summed E-state index contributed by atoms with van der Waals surface area (Å²) in [6.07, 6.45) is 2.60. The highest BCUT2D eigenvalue weighted by atomic mass is 16.5. The number of hydrogen-bond donors (Lipinski definition) is 0. The van der Waals surface area contributed by atoms with E-state index in [-0.39, 0.29) is 0 Å². The topological polar surface area (TPSA) is 12.5 Å². The first-order chi connectivity index (χ1) is 9.86. The Morgan fingerprint density at radius 2 is 2.00 bits per heavy atom. The van der Waals surface area contributed by atoms with Gasteiger partial charge in [-0.25, -0.2) is 0 Å². The van der Waals surface area contributed by atoms with Gasteiger partial charge in [0, 0.05) is 20.2 Å². The number of rotatable bonds is 4. The molecule has 2 nitrogen and oxygen atoms in total. The molecule has 0 aliphatic carbocycles. The van der Waals surface area contributed by atoms with Crippen LogP contribution in [-0.2, 0) is 11.3 Å². The molecule has 0 amide bonds. The lowest BCUT2D eigenvalue weighted by Crippen LogP contribution is -2.36. The van der Waals surface area contributed by atoms with Gasteiger partial charge in [-0.2, -0.15) is 0 Å². The van der Waals surface area contributed by atoms with Crippen molar-refractivity contribution in [2.75, 3.05) is 26.8 Å². The smallest absolute Gasteiger partial charge is 0.0502 e. The SMILES string of the molecule is COC[C@H]1CCCN(Cc2cccc3ccccc23)C1. The van der Waals surface area contributed by atoms with Crippen LogP contribution in [0.2, 0.25) is 0 Å². The van der Waals surface area contributed by atoms with Crippen LogP contribution in [0.25, 0.3) is 10.8 Å². The van der Waals surface area contributed by atoms with Crippen molar-refractivity contribution in [3.8, 4) is 0 Å². The lowest BCUT2D eigenvalue weighted by molar-refractivity contribution is 0.0876. The molecule has 2 aromatic rings. The predicted molar refractivity (Wildman–Crippen MR) is 83.8 cm³/mol. The van der Waals surface area contributed by atoms with Crippen molar-refractivity contribution in [2.24, 2.45) is 5.92 Å². The number of hydrogen-bond acceptors (Lipinski definition) is 2. The molecule has 1 aliphatic heterocycles. The fourth-order valence-electron chi connectivity index (χ4n) is 3.34. The van der Waals surface area contributed by atoms with Gasteiger partial charge < -0.3 is 4.74 Å². The van der Waals surface area contributed by atoms with Gasteiger partial charge in [0.05, 0.1) is 6.61 Å². The second kappa shape index (κ2) is 6.38. The van der Waals surface area contributed by atoms with Crippen molar-refractivity contribution in [1.82, 2.24) is 4.90 Å². The molecule has 1 heterocycles. The largest absolute Gasteiger partial charge is 0.384 e. The van der Waals surface area contributed by atoms with Crippen LogP contribution in [0.1, 0.15) is 18.4 Å². The molecule has 1 fully saturated rings. The Hall–Kier alpha value is -1.38. The summed E-state index contributed by atoms with van der Waals surface area (Å²) in [7, 11) is 1.81. The number of piperidine rings is 1. The molecule has 0 bridgehead atoms. The Morgan fingerprint density at radius 1 is 1.15 bits per heavy atom. The summed E-state index contributed by atoms with van der Waals surface area (Å²) in [5.41, 5.74) is 1.45. The van der Waals surface area contributed by atoms with Crippen LogP contribution >= 0.6 is 0 Å². The van der Waals surface area contributed by atoms with Crippen LogP contribution in [-0.4, -0.2) is 31.7 Å². The highest BCUT2D eigenvalue weighted by Gasteiger charge is 2.20. The maximum atomic E-state index is 5.32. The predicted octanol–water partition coefficient (Wildman–Crippen LogP) is 3.70. The van der Waals surface area contributed by atoms with E-state index in [0.29, 0.717) is 5.92 Å². The van der Waals surface area contributed by atoms with E-state index < -0.39 is 0 Å². The molecule has 2 aromatic carbocycles. The third kappa shape index (κ3) is 3.02. The molecular weight excluding hydrogens is 246 g/mol. The van der Waals surface area contributed by atoms with Gasteiger partial charge in [-0.05, 0) is 41.6 Å². The molecular formula is C18H23NO. The lowest BCUT2D eigenvalue weighted by atomic mass is 9.97. The molecule has 0 aromatic heterocycles. The van der Waals surface area contributed by atoms with E-state index in [2.05, 4.69) is 47.4 Å². The number of fused-ring (bicyclic) bond motifs is 1.